The molecule has 0 atom stereocenters. The normalized spacial score (nSPS) is 12.6. The third-order valence-corrected chi connectivity index (χ3v) is 6.69. The molecule has 8 heteroatoms. The standard InChI is InChI=1S/C25H23N5O2S/c1-15-4-7-18(14-26-15)23-20-10-11-21-25(33-22(28-21)12-16(2)31)24(20)30(29-23)19-8-5-17(6-9-19)13-27-32-3/h4-9,13-14H,10-12H2,1-3H3/b27-13-. The molecule has 0 saturated carbocycles. The third kappa shape index (κ3) is 4.09. The van der Waals surface area contributed by atoms with E-state index in [2.05, 4.69) is 16.2 Å². The minimum Gasteiger partial charge on any atom is -0.399 e. The highest BCUT2D eigenvalue weighted by molar-refractivity contribution is 7.15. The van der Waals surface area contributed by atoms with Crippen LogP contribution in [0.5, 0.6) is 0 Å². The van der Waals surface area contributed by atoms with Crippen LogP contribution in [-0.2, 0) is 28.9 Å². The van der Waals surface area contributed by atoms with Crippen LogP contribution in [0.25, 0.3) is 27.5 Å². The van der Waals surface area contributed by atoms with E-state index in [1.54, 1.807) is 24.5 Å². The van der Waals surface area contributed by atoms with Gasteiger partial charge in [-0.05, 0) is 56.5 Å². The highest BCUT2D eigenvalue weighted by Crippen LogP contribution is 2.43. The molecular formula is C25H23N5O2S. The average molecular weight is 458 g/mol. The van der Waals surface area contributed by atoms with E-state index in [0.717, 1.165) is 62.3 Å². The van der Waals surface area contributed by atoms with Crippen molar-refractivity contribution in [3.8, 4) is 27.5 Å². The molecule has 0 fully saturated rings. The van der Waals surface area contributed by atoms with E-state index < -0.39 is 0 Å². The number of carbonyl (C=O) groups excluding carboxylic acids is 1. The van der Waals surface area contributed by atoms with Gasteiger partial charge < -0.3 is 4.84 Å². The topological polar surface area (TPSA) is 82.3 Å². The largest absolute Gasteiger partial charge is 0.399 e. The zero-order valence-corrected chi connectivity index (χ0v) is 19.5. The Balaban J connectivity index is 1.67. The molecule has 0 N–H and O–H groups in total. The summed E-state index contributed by atoms with van der Waals surface area (Å²) in [7, 11) is 1.52. The first-order chi connectivity index (χ1) is 16.0. The van der Waals surface area contributed by atoms with Crippen molar-refractivity contribution in [1.29, 1.82) is 0 Å². The first-order valence-electron chi connectivity index (χ1n) is 10.7. The van der Waals surface area contributed by atoms with Crippen molar-refractivity contribution >= 4 is 23.3 Å². The second kappa shape index (κ2) is 8.71. The van der Waals surface area contributed by atoms with Crippen LogP contribution in [0.1, 0.15) is 34.4 Å². The number of nitrogens with zero attached hydrogens (tertiary/aromatic N) is 5. The van der Waals surface area contributed by atoms with Gasteiger partial charge in [-0.1, -0.05) is 17.3 Å². The van der Waals surface area contributed by atoms with E-state index in [1.165, 1.54) is 12.7 Å². The van der Waals surface area contributed by atoms with Gasteiger partial charge in [0.05, 0.1) is 40.3 Å². The van der Waals surface area contributed by atoms with E-state index in [0.29, 0.717) is 6.42 Å². The van der Waals surface area contributed by atoms with Crippen molar-refractivity contribution in [3.05, 3.63) is 70.1 Å². The van der Waals surface area contributed by atoms with Gasteiger partial charge in [-0.2, -0.15) is 5.10 Å². The summed E-state index contributed by atoms with van der Waals surface area (Å²) >= 11 is 1.59. The number of oxime groups is 1. The van der Waals surface area contributed by atoms with E-state index in [4.69, 9.17) is 14.9 Å². The molecule has 0 spiro atoms. The van der Waals surface area contributed by atoms with Crippen molar-refractivity contribution in [3.63, 3.8) is 0 Å². The van der Waals surface area contributed by atoms with Crippen LogP contribution >= 0.6 is 11.3 Å². The van der Waals surface area contributed by atoms with Gasteiger partial charge >= 0.3 is 0 Å². The maximum absolute atomic E-state index is 11.7. The van der Waals surface area contributed by atoms with E-state index in [9.17, 15) is 4.79 Å². The minimum atomic E-state index is 0.120. The summed E-state index contributed by atoms with van der Waals surface area (Å²) in [5, 5.41) is 9.75. The molecule has 3 aromatic heterocycles. The summed E-state index contributed by atoms with van der Waals surface area (Å²) in [5.74, 6) is 0.120. The van der Waals surface area contributed by atoms with Crippen molar-refractivity contribution in [1.82, 2.24) is 19.7 Å². The zero-order valence-electron chi connectivity index (χ0n) is 18.7. The summed E-state index contributed by atoms with van der Waals surface area (Å²) < 4.78 is 2.00. The fourth-order valence-corrected chi connectivity index (χ4v) is 5.29. The molecule has 33 heavy (non-hydrogen) atoms. The molecule has 0 saturated heterocycles. The maximum Gasteiger partial charge on any atom is 0.136 e. The Kier molecular flexibility index (Phi) is 5.60. The molecule has 7 nitrogen and oxygen atoms in total. The smallest absolute Gasteiger partial charge is 0.136 e. The third-order valence-electron chi connectivity index (χ3n) is 5.58. The molecule has 0 unspecified atom stereocenters. The van der Waals surface area contributed by atoms with Crippen LogP contribution in [0.3, 0.4) is 0 Å². The van der Waals surface area contributed by atoms with Gasteiger partial charge in [0.2, 0.25) is 0 Å². The lowest BCUT2D eigenvalue weighted by Gasteiger charge is -2.14. The molecule has 4 aromatic rings. The quantitative estimate of drug-likeness (QED) is 0.313. The highest BCUT2D eigenvalue weighted by Gasteiger charge is 2.29. The Morgan fingerprint density at radius 3 is 2.73 bits per heavy atom. The fourth-order valence-electron chi connectivity index (χ4n) is 4.05. The molecule has 166 valence electrons. The molecule has 3 heterocycles. The number of carbonyl (C=O) groups is 1. The monoisotopic (exact) mass is 457 g/mol. The second-order valence-corrected chi connectivity index (χ2v) is 9.13. The summed E-state index contributed by atoms with van der Waals surface area (Å²) in [6, 6.07) is 12.1. The zero-order chi connectivity index (χ0) is 22.9. The number of Topliss-reactive ketones (excluding diaryl/α,β-unsaturated/α-hetero) is 1. The number of fused-ring (bicyclic) bond motifs is 3. The number of ketones is 1. The average Bonchev–Trinajstić information content (AvgIpc) is 3.39. The molecule has 5 rings (SSSR count). The van der Waals surface area contributed by atoms with Crippen LogP contribution in [0.15, 0.2) is 47.8 Å². The number of hydrogen-bond acceptors (Lipinski definition) is 7. The fraction of sp³-hybridized carbons (Fsp3) is 0.240. The Morgan fingerprint density at radius 2 is 2.03 bits per heavy atom. The number of aryl methyl sites for hydroxylation is 2. The van der Waals surface area contributed by atoms with Gasteiger partial charge in [-0.3, -0.25) is 9.78 Å². The van der Waals surface area contributed by atoms with Gasteiger partial charge in [0, 0.05) is 23.0 Å². The Hall–Kier alpha value is -3.65. The molecule has 0 aliphatic heterocycles. The summed E-state index contributed by atoms with van der Waals surface area (Å²) in [4.78, 5) is 26.8. The predicted molar refractivity (Wildman–Crippen MR) is 129 cm³/mol. The predicted octanol–water partition coefficient (Wildman–Crippen LogP) is 4.58. The van der Waals surface area contributed by atoms with Gasteiger partial charge in [0.25, 0.3) is 0 Å². The van der Waals surface area contributed by atoms with Crippen LogP contribution < -0.4 is 0 Å². The van der Waals surface area contributed by atoms with Crippen molar-refractivity contribution in [2.24, 2.45) is 5.16 Å². The van der Waals surface area contributed by atoms with Crippen molar-refractivity contribution < 1.29 is 9.63 Å². The number of benzene rings is 1. The van der Waals surface area contributed by atoms with Gasteiger partial charge in [-0.15, -0.1) is 11.3 Å². The first kappa shape index (κ1) is 21.2. The van der Waals surface area contributed by atoms with Gasteiger partial charge in [0.15, 0.2) is 0 Å². The Morgan fingerprint density at radius 1 is 1.21 bits per heavy atom. The molecule has 0 radical (unpaired) electrons. The first-order valence-corrected chi connectivity index (χ1v) is 11.6. The molecule has 0 amide bonds. The van der Waals surface area contributed by atoms with Crippen LogP contribution in [-0.4, -0.2) is 38.9 Å². The van der Waals surface area contributed by atoms with Gasteiger partial charge in [0.1, 0.15) is 17.9 Å². The van der Waals surface area contributed by atoms with Crippen LogP contribution in [0.2, 0.25) is 0 Å². The Labute approximate surface area is 195 Å². The number of pyridine rings is 1. The second-order valence-electron chi connectivity index (χ2n) is 8.05. The van der Waals surface area contributed by atoms with Crippen LogP contribution in [0, 0.1) is 6.92 Å². The number of thiazole rings is 1. The maximum atomic E-state index is 11.7. The molecule has 1 aliphatic rings. The lowest BCUT2D eigenvalue weighted by atomic mass is 9.95. The molecule has 1 aromatic carbocycles. The Bertz CT molecular complexity index is 1350. The highest BCUT2D eigenvalue weighted by atomic mass is 32.1. The van der Waals surface area contributed by atoms with E-state index in [-0.39, 0.29) is 5.78 Å². The summed E-state index contributed by atoms with van der Waals surface area (Å²) in [6.45, 7) is 3.58. The number of aromatic nitrogens is 4. The van der Waals surface area contributed by atoms with Crippen molar-refractivity contribution in [2.45, 2.75) is 33.1 Å². The lowest BCUT2D eigenvalue weighted by molar-refractivity contribution is -0.116. The number of hydrogen-bond donors (Lipinski definition) is 0. The molecule has 0 bridgehead atoms. The van der Waals surface area contributed by atoms with E-state index >= 15 is 0 Å². The van der Waals surface area contributed by atoms with E-state index in [1.807, 2.05) is 48.1 Å². The van der Waals surface area contributed by atoms with Gasteiger partial charge in [-0.25, -0.2) is 9.67 Å². The minimum absolute atomic E-state index is 0.120. The number of rotatable bonds is 6. The molecular weight excluding hydrogens is 434 g/mol. The molecule has 1 aliphatic carbocycles. The SMILES string of the molecule is CO/N=C\c1ccc(-n2nc(-c3ccc(C)nc3)c3c2-c2sc(CC(C)=O)nc2CC3)cc1. The summed E-state index contributed by atoms with van der Waals surface area (Å²) in [6.07, 6.45) is 5.59. The van der Waals surface area contributed by atoms with Crippen LogP contribution in [0.4, 0.5) is 0 Å². The van der Waals surface area contributed by atoms with Crippen molar-refractivity contribution in [2.75, 3.05) is 7.11 Å². The lowest BCUT2D eigenvalue weighted by Crippen LogP contribution is -2.06. The summed E-state index contributed by atoms with van der Waals surface area (Å²) in [5.41, 5.74) is 8.08.